The number of rotatable bonds is 7. The van der Waals surface area contributed by atoms with Gasteiger partial charge >= 0.3 is 0 Å². The fourth-order valence-corrected chi connectivity index (χ4v) is 2.07. The summed E-state index contributed by atoms with van der Waals surface area (Å²) in [6.45, 7) is 4.09. The van der Waals surface area contributed by atoms with Crippen molar-refractivity contribution in [3.63, 3.8) is 0 Å². The Balaban J connectivity index is 2.11. The normalized spacial score (nSPS) is 9.56. The van der Waals surface area contributed by atoms with E-state index in [1.54, 1.807) is 54.6 Å². The van der Waals surface area contributed by atoms with Crippen molar-refractivity contribution in [2.75, 3.05) is 18.5 Å². The van der Waals surface area contributed by atoms with Gasteiger partial charge in [0.1, 0.15) is 12.4 Å². The van der Waals surface area contributed by atoms with Crippen LogP contribution in [-0.4, -0.2) is 25.0 Å². The van der Waals surface area contributed by atoms with Crippen LogP contribution in [0.3, 0.4) is 0 Å². The molecule has 0 aliphatic heterocycles. The molecule has 0 saturated heterocycles. The molecular weight excluding hydrogens is 316 g/mol. The van der Waals surface area contributed by atoms with Crippen molar-refractivity contribution in [1.29, 1.82) is 0 Å². The maximum absolute atomic E-state index is 12.4. The molecule has 2 N–H and O–H groups in total. The number of carbonyl (C=O) groups excluding carboxylic acids is 2. The Morgan fingerprint density at radius 2 is 1.84 bits per heavy atom. The molecule has 2 aromatic rings. The van der Waals surface area contributed by atoms with Crippen molar-refractivity contribution in [2.24, 2.45) is 0 Å². The highest BCUT2D eigenvalue weighted by molar-refractivity contribution is 6.09. The van der Waals surface area contributed by atoms with Gasteiger partial charge in [-0.15, -0.1) is 6.42 Å². The van der Waals surface area contributed by atoms with E-state index >= 15 is 0 Å². The molecule has 0 unspecified atom stereocenters. The van der Waals surface area contributed by atoms with Gasteiger partial charge in [0.05, 0.1) is 17.8 Å². The van der Waals surface area contributed by atoms with Crippen LogP contribution in [-0.2, 0) is 0 Å². The van der Waals surface area contributed by atoms with Crippen LogP contribution in [0.1, 0.15) is 20.7 Å². The average Bonchev–Trinajstić information content (AvgIpc) is 2.65. The Bertz CT molecular complexity index is 804. The molecule has 0 bridgehead atoms. The summed E-state index contributed by atoms with van der Waals surface area (Å²) in [6, 6.07) is 13.4. The monoisotopic (exact) mass is 334 g/mol. The van der Waals surface area contributed by atoms with E-state index < -0.39 is 0 Å². The number of ether oxygens (including phenoxy) is 1. The lowest BCUT2D eigenvalue weighted by Gasteiger charge is -2.11. The van der Waals surface area contributed by atoms with Crippen LogP contribution in [0.5, 0.6) is 5.75 Å². The van der Waals surface area contributed by atoms with Crippen molar-refractivity contribution >= 4 is 17.5 Å². The summed E-state index contributed by atoms with van der Waals surface area (Å²) in [5, 5.41) is 5.32. The number of amides is 2. The quantitative estimate of drug-likeness (QED) is 0.604. The molecule has 0 heterocycles. The van der Waals surface area contributed by atoms with E-state index in [9.17, 15) is 9.59 Å². The molecule has 0 saturated carbocycles. The van der Waals surface area contributed by atoms with Gasteiger partial charge in [0, 0.05) is 5.56 Å². The van der Waals surface area contributed by atoms with Crippen molar-refractivity contribution in [1.82, 2.24) is 5.32 Å². The lowest BCUT2D eigenvalue weighted by atomic mass is 10.1. The first kappa shape index (κ1) is 17.8. The van der Waals surface area contributed by atoms with E-state index in [1.165, 1.54) is 0 Å². The lowest BCUT2D eigenvalue weighted by molar-refractivity contribution is 0.0959. The third-order valence-electron chi connectivity index (χ3n) is 3.26. The zero-order valence-corrected chi connectivity index (χ0v) is 13.6. The molecule has 0 atom stereocenters. The highest BCUT2D eigenvalue weighted by atomic mass is 16.5. The smallest absolute Gasteiger partial charge is 0.255 e. The van der Waals surface area contributed by atoms with Crippen molar-refractivity contribution in [3.8, 4) is 18.1 Å². The van der Waals surface area contributed by atoms with Gasteiger partial charge in [-0.25, -0.2) is 0 Å². The predicted octanol–water partition coefficient (Wildman–Crippen LogP) is 2.87. The topological polar surface area (TPSA) is 67.4 Å². The standard InChI is InChI=1S/C20H18N2O3/c1-3-13-21-20(24)17-7-5-6-8-18(17)22-19(23)15-9-11-16(12-10-15)25-14-4-2/h1,4-12H,2,13-14H2,(H,21,24)(H,22,23). The third kappa shape index (κ3) is 4.98. The van der Waals surface area contributed by atoms with Gasteiger partial charge in [-0.1, -0.05) is 30.7 Å². The number of benzene rings is 2. The fraction of sp³-hybridized carbons (Fsp3) is 0.100. The minimum absolute atomic E-state index is 0.118. The fourth-order valence-electron chi connectivity index (χ4n) is 2.07. The zero-order chi connectivity index (χ0) is 18.1. The summed E-state index contributed by atoms with van der Waals surface area (Å²) in [4.78, 5) is 24.5. The first-order valence-electron chi connectivity index (χ1n) is 7.61. The SMILES string of the molecule is C#CCNC(=O)c1ccccc1NC(=O)c1ccc(OCC=C)cc1. The summed E-state index contributed by atoms with van der Waals surface area (Å²) in [6.07, 6.45) is 6.78. The second-order valence-corrected chi connectivity index (χ2v) is 5.01. The molecule has 0 fully saturated rings. The molecular formula is C20H18N2O3. The molecule has 25 heavy (non-hydrogen) atoms. The molecule has 2 rings (SSSR count). The summed E-state index contributed by atoms with van der Waals surface area (Å²) in [5.74, 6) is 2.31. The van der Waals surface area contributed by atoms with Crippen LogP contribution in [0, 0.1) is 12.3 Å². The largest absolute Gasteiger partial charge is 0.490 e. The van der Waals surface area contributed by atoms with Crippen LogP contribution >= 0.6 is 0 Å². The number of nitrogens with one attached hydrogen (secondary N) is 2. The molecule has 5 heteroatoms. The Labute approximate surface area is 146 Å². The van der Waals surface area contributed by atoms with E-state index in [1.807, 2.05) is 0 Å². The average molecular weight is 334 g/mol. The second-order valence-electron chi connectivity index (χ2n) is 5.01. The van der Waals surface area contributed by atoms with Gasteiger partial charge in [-0.2, -0.15) is 0 Å². The molecule has 5 nitrogen and oxygen atoms in total. The van der Waals surface area contributed by atoms with Gasteiger partial charge in [-0.3, -0.25) is 9.59 Å². The van der Waals surface area contributed by atoms with Crippen molar-refractivity contribution in [3.05, 3.63) is 72.3 Å². The lowest BCUT2D eigenvalue weighted by Crippen LogP contribution is -2.25. The van der Waals surface area contributed by atoms with Crippen LogP contribution in [0.2, 0.25) is 0 Å². The Morgan fingerprint density at radius 1 is 1.12 bits per heavy atom. The molecule has 0 aliphatic carbocycles. The van der Waals surface area contributed by atoms with Crippen molar-refractivity contribution < 1.29 is 14.3 Å². The van der Waals surface area contributed by atoms with Crippen LogP contribution in [0.15, 0.2) is 61.2 Å². The van der Waals surface area contributed by atoms with Gasteiger partial charge in [0.25, 0.3) is 11.8 Å². The maximum Gasteiger partial charge on any atom is 0.255 e. The van der Waals surface area contributed by atoms with Gasteiger partial charge in [0.15, 0.2) is 0 Å². The first-order valence-corrected chi connectivity index (χ1v) is 7.61. The number of terminal acetylenes is 1. The van der Waals surface area contributed by atoms with E-state index in [4.69, 9.17) is 11.2 Å². The van der Waals surface area contributed by atoms with E-state index in [0.29, 0.717) is 29.2 Å². The second kappa shape index (κ2) is 8.94. The molecule has 126 valence electrons. The Morgan fingerprint density at radius 3 is 2.52 bits per heavy atom. The van der Waals surface area contributed by atoms with Gasteiger partial charge < -0.3 is 15.4 Å². The van der Waals surface area contributed by atoms with Gasteiger partial charge in [0.2, 0.25) is 0 Å². The zero-order valence-electron chi connectivity index (χ0n) is 13.6. The molecule has 0 aliphatic rings. The number of hydrogen-bond donors (Lipinski definition) is 2. The van der Waals surface area contributed by atoms with Gasteiger partial charge in [-0.05, 0) is 36.4 Å². The first-order chi connectivity index (χ1) is 12.2. The number of anilines is 1. The van der Waals surface area contributed by atoms with E-state index in [2.05, 4.69) is 23.1 Å². The highest BCUT2D eigenvalue weighted by Crippen LogP contribution is 2.18. The van der Waals surface area contributed by atoms with Crippen LogP contribution in [0.4, 0.5) is 5.69 Å². The molecule has 0 radical (unpaired) electrons. The Hall–Kier alpha value is -3.52. The molecule has 2 amide bonds. The molecule has 2 aromatic carbocycles. The van der Waals surface area contributed by atoms with Crippen LogP contribution in [0.25, 0.3) is 0 Å². The van der Waals surface area contributed by atoms with Crippen LogP contribution < -0.4 is 15.4 Å². The summed E-state index contributed by atoms with van der Waals surface area (Å²) in [5.41, 5.74) is 1.20. The van der Waals surface area contributed by atoms with E-state index in [0.717, 1.165) is 0 Å². The summed E-state index contributed by atoms with van der Waals surface area (Å²) in [7, 11) is 0. The minimum atomic E-state index is -0.345. The maximum atomic E-state index is 12.4. The summed E-state index contributed by atoms with van der Waals surface area (Å²) >= 11 is 0. The Kier molecular flexibility index (Phi) is 6.38. The third-order valence-corrected chi connectivity index (χ3v) is 3.26. The highest BCUT2D eigenvalue weighted by Gasteiger charge is 2.13. The number of carbonyl (C=O) groups is 2. The summed E-state index contributed by atoms with van der Waals surface area (Å²) < 4.78 is 5.38. The molecule has 0 spiro atoms. The minimum Gasteiger partial charge on any atom is -0.490 e. The van der Waals surface area contributed by atoms with E-state index in [-0.39, 0.29) is 18.4 Å². The van der Waals surface area contributed by atoms with Crippen molar-refractivity contribution in [2.45, 2.75) is 0 Å². The number of hydrogen-bond acceptors (Lipinski definition) is 3. The number of para-hydroxylation sites is 1. The molecule has 0 aromatic heterocycles. The predicted molar refractivity (Wildman–Crippen MR) is 97.7 cm³/mol.